The van der Waals surface area contributed by atoms with Crippen LogP contribution in [0.4, 0.5) is 5.82 Å². The fourth-order valence-corrected chi connectivity index (χ4v) is 1.85. The lowest BCUT2D eigenvalue weighted by atomic mass is 10.2. The lowest BCUT2D eigenvalue weighted by Gasteiger charge is -2.10. The van der Waals surface area contributed by atoms with Gasteiger partial charge >= 0.3 is 0 Å². The van der Waals surface area contributed by atoms with Crippen molar-refractivity contribution in [1.29, 1.82) is 0 Å². The van der Waals surface area contributed by atoms with Gasteiger partial charge in [0.25, 0.3) is 0 Å². The predicted octanol–water partition coefficient (Wildman–Crippen LogP) is 0.712. The van der Waals surface area contributed by atoms with Gasteiger partial charge in [-0.15, -0.1) is 0 Å². The molecule has 72 valence electrons. The number of aromatic nitrogens is 2. The molecule has 4 heteroatoms. The molecule has 1 aliphatic rings. The fourth-order valence-electron chi connectivity index (χ4n) is 1.85. The van der Waals surface area contributed by atoms with Crippen LogP contribution in [0.25, 0.3) is 0 Å². The SMILES string of the molecule is Cn1ccc(NC2CCC(N)C2)n1. The van der Waals surface area contributed by atoms with Gasteiger partial charge in [0.15, 0.2) is 0 Å². The van der Waals surface area contributed by atoms with Gasteiger partial charge in [-0.2, -0.15) is 5.10 Å². The van der Waals surface area contributed by atoms with Crippen molar-refractivity contribution in [3.05, 3.63) is 12.3 Å². The van der Waals surface area contributed by atoms with E-state index in [9.17, 15) is 0 Å². The molecule has 0 aromatic carbocycles. The zero-order valence-corrected chi connectivity index (χ0v) is 7.90. The van der Waals surface area contributed by atoms with E-state index in [1.165, 1.54) is 0 Å². The summed E-state index contributed by atoms with van der Waals surface area (Å²) in [4.78, 5) is 0. The summed E-state index contributed by atoms with van der Waals surface area (Å²) in [5.74, 6) is 0.960. The van der Waals surface area contributed by atoms with Gasteiger partial charge in [-0.05, 0) is 19.3 Å². The third kappa shape index (κ3) is 2.01. The second-order valence-electron chi connectivity index (χ2n) is 3.79. The van der Waals surface area contributed by atoms with E-state index in [0.29, 0.717) is 12.1 Å². The molecule has 0 spiro atoms. The van der Waals surface area contributed by atoms with E-state index in [2.05, 4.69) is 10.4 Å². The third-order valence-electron chi connectivity index (χ3n) is 2.54. The van der Waals surface area contributed by atoms with Crippen LogP contribution in [-0.2, 0) is 7.05 Å². The van der Waals surface area contributed by atoms with E-state index < -0.39 is 0 Å². The molecule has 0 aliphatic heterocycles. The average Bonchev–Trinajstić information content (AvgIpc) is 2.62. The largest absolute Gasteiger partial charge is 0.366 e. The minimum atomic E-state index is 0.376. The predicted molar refractivity (Wildman–Crippen MR) is 52.4 cm³/mol. The second kappa shape index (κ2) is 3.38. The Hall–Kier alpha value is -1.03. The van der Waals surface area contributed by atoms with E-state index in [4.69, 9.17) is 5.73 Å². The molecule has 13 heavy (non-hydrogen) atoms. The molecule has 0 bridgehead atoms. The summed E-state index contributed by atoms with van der Waals surface area (Å²) in [5.41, 5.74) is 5.82. The van der Waals surface area contributed by atoms with Gasteiger partial charge in [-0.3, -0.25) is 4.68 Å². The highest BCUT2D eigenvalue weighted by molar-refractivity contribution is 5.33. The van der Waals surface area contributed by atoms with Gasteiger partial charge in [0.1, 0.15) is 5.82 Å². The first kappa shape index (κ1) is 8.56. The minimum absolute atomic E-state index is 0.376. The number of hydrogen-bond acceptors (Lipinski definition) is 3. The van der Waals surface area contributed by atoms with Crippen molar-refractivity contribution < 1.29 is 0 Å². The van der Waals surface area contributed by atoms with Crippen LogP contribution < -0.4 is 11.1 Å². The number of rotatable bonds is 2. The van der Waals surface area contributed by atoms with Crippen LogP contribution in [0.1, 0.15) is 19.3 Å². The number of aryl methyl sites for hydroxylation is 1. The van der Waals surface area contributed by atoms with Crippen molar-refractivity contribution in [2.24, 2.45) is 12.8 Å². The van der Waals surface area contributed by atoms with Crippen molar-refractivity contribution in [3.8, 4) is 0 Å². The number of anilines is 1. The summed E-state index contributed by atoms with van der Waals surface area (Å²) in [6.45, 7) is 0. The average molecular weight is 180 g/mol. The monoisotopic (exact) mass is 180 g/mol. The molecule has 1 fully saturated rings. The van der Waals surface area contributed by atoms with Crippen LogP contribution >= 0.6 is 0 Å². The van der Waals surface area contributed by atoms with Crippen LogP contribution in [0.5, 0.6) is 0 Å². The highest BCUT2D eigenvalue weighted by atomic mass is 15.3. The Bertz CT molecular complexity index is 281. The molecule has 0 amide bonds. The van der Waals surface area contributed by atoms with Crippen LogP contribution in [0.3, 0.4) is 0 Å². The maximum atomic E-state index is 5.82. The van der Waals surface area contributed by atoms with E-state index in [-0.39, 0.29) is 0 Å². The molecule has 1 aromatic rings. The number of nitrogens with one attached hydrogen (secondary N) is 1. The third-order valence-corrected chi connectivity index (χ3v) is 2.54. The number of nitrogens with zero attached hydrogens (tertiary/aromatic N) is 2. The fraction of sp³-hybridized carbons (Fsp3) is 0.667. The second-order valence-corrected chi connectivity index (χ2v) is 3.79. The summed E-state index contributed by atoms with van der Waals surface area (Å²) in [6.07, 6.45) is 5.30. The number of nitrogens with two attached hydrogens (primary N) is 1. The van der Waals surface area contributed by atoms with Gasteiger partial charge in [-0.25, -0.2) is 0 Å². The van der Waals surface area contributed by atoms with Gasteiger partial charge in [0, 0.05) is 31.4 Å². The van der Waals surface area contributed by atoms with Gasteiger partial charge in [0.05, 0.1) is 0 Å². The lowest BCUT2D eigenvalue weighted by Crippen LogP contribution is -2.20. The molecular formula is C9H16N4. The molecule has 1 saturated carbocycles. The van der Waals surface area contributed by atoms with E-state index in [1.54, 1.807) is 4.68 Å². The molecule has 4 nitrogen and oxygen atoms in total. The molecule has 1 heterocycles. The van der Waals surface area contributed by atoms with Crippen molar-refractivity contribution >= 4 is 5.82 Å². The minimum Gasteiger partial charge on any atom is -0.366 e. The zero-order chi connectivity index (χ0) is 9.26. The molecule has 2 unspecified atom stereocenters. The Labute approximate surface area is 78.1 Å². The summed E-state index contributed by atoms with van der Waals surface area (Å²) >= 11 is 0. The van der Waals surface area contributed by atoms with Crippen LogP contribution in [-0.4, -0.2) is 21.9 Å². The molecule has 3 N–H and O–H groups in total. The first-order chi connectivity index (χ1) is 6.24. The highest BCUT2D eigenvalue weighted by Gasteiger charge is 2.21. The van der Waals surface area contributed by atoms with Crippen molar-refractivity contribution in [1.82, 2.24) is 9.78 Å². The Balaban J connectivity index is 1.91. The first-order valence-corrected chi connectivity index (χ1v) is 4.76. The van der Waals surface area contributed by atoms with Gasteiger partial charge in [-0.1, -0.05) is 0 Å². The van der Waals surface area contributed by atoms with Crippen molar-refractivity contribution in [2.75, 3.05) is 5.32 Å². The maximum absolute atomic E-state index is 5.82. The van der Waals surface area contributed by atoms with Crippen molar-refractivity contribution in [2.45, 2.75) is 31.3 Å². The molecular weight excluding hydrogens is 164 g/mol. The molecule has 1 aromatic heterocycles. The topological polar surface area (TPSA) is 55.9 Å². The van der Waals surface area contributed by atoms with E-state index >= 15 is 0 Å². The van der Waals surface area contributed by atoms with Crippen LogP contribution in [0.15, 0.2) is 12.3 Å². The van der Waals surface area contributed by atoms with Gasteiger partial charge < -0.3 is 11.1 Å². The number of hydrogen-bond donors (Lipinski definition) is 2. The van der Waals surface area contributed by atoms with E-state index in [0.717, 1.165) is 25.1 Å². The lowest BCUT2D eigenvalue weighted by molar-refractivity contribution is 0.683. The Kier molecular flexibility index (Phi) is 2.22. The summed E-state index contributed by atoms with van der Waals surface area (Å²) in [5, 5.41) is 7.64. The molecule has 1 aliphatic carbocycles. The summed E-state index contributed by atoms with van der Waals surface area (Å²) < 4.78 is 1.80. The maximum Gasteiger partial charge on any atom is 0.148 e. The van der Waals surface area contributed by atoms with Crippen LogP contribution in [0.2, 0.25) is 0 Å². The Morgan fingerprint density at radius 3 is 3.00 bits per heavy atom. The Morgan fingerprint density at radius 2 is 2.46 bits per heavy atom. The van der Waals surface area contributed by atoms with E-state index in [1.807, 2.05) is 19.3 Å². The smallest absolute Gasteiger partial charge is 0.148 e. The van der Waals surface area contributed by atoms with Crippen LogP contribution in [0, 0.1) is 0 Å². The van der Waals surface area contributed by atoms with Crippen molar-refractivity contribution in [3.63, 3.8) is 0 Å². The highest BCUT2D eigenvalue weighted by Crippen LogP contribution is 2.20. The molecule has 0 radical (unpaired) electrons. The summed E-state index contributed by atoms with van der Waals surface area (Å²) in [6, 6.07) is 2.88. The molecule has 0 saturated heterocycles. The molecule has 2 atom stereocenters. The van der Waals surface area contributed by atoms with Gasteiger partial charge in [0.2, 0.25) is 0 Å². The first-order valence-electron chi connectivity index (χ1n) is 4.76. The quantitative estimate of drug-likeness (QED) is 0.704. The summed E-state index contributed by atoms with van der Waals surface area (Å²) in [7, 11) is 1.92. The normalized spacial score (nSPS) is 27.8. The standard InChI is InChI=1S/C9H16N4/c1-13-5-4-9(12-13)11-8-3-2-7(10)6-8/h4-5,7-8H,2-3,6,10H2,1H3,(H,11,12). The Morgan fingerprint density at radius 1 is 1.62 bits per heavy atom. The zero-order valence-electron chi connectivity index (χ0n) is 7.90. The molecule has 2 rings (SSSR count).